The predicted octanol–water partition coefficient (Wildman–Crippen LogP) is 7.79. The third-order valence-corrected chi connectivity index (χ3v) is 15.0. The van der Waals surface area contributed by atoms with Gasteiger partial charge in [0.15, 0.2) is 0 Å². The van der Waals surface area contributed by atoms with E-state index < -0.39 is 0 Å². The largest absolute Gasteiger partial charge is 0.461 e. The number of H-pyrrole nitrogens is 1. The van der Waals surface area contributed by atoms with Crippen LogP contribution < -0.4 is 5.32 Å². The van der Waals surface area contributed by atoms with Crippen LogP contribution in [0.2, 0.25) is 0 Å². The Hall–Kier alpha value is -2.81. The van der Waals surface area contributed by atoms with Crippen molar-refractivity contribution in [2.45, 2.75) is 137 Å². The van der Waals surface area contributed by atoms with Gasteiger partial charge in [-0.2, -0.15) is 5.21 Å². The van der Waals surface area contributed by atoms with E-state index in [2.05, 4.69) is 81.3 Å². The Morgan fingerprint density at radius 2 is 1.75 bits per heavy atom. The highest BCUT2D eigenvalue weighted by Gasteiger charge is 2.72. The van der Waals surface area contributed by atoms with Crippen molar-refractivity contribution < 1.29 is 19.1 Å². The van der Waals surface area contributed by atoms with Crippen molar-refractivity contribution in [2.24, 2.45) is 45.3 Å². The molecule has 1 aromatic heterocycles. The van der Waals surface area contributed by atoms with Crippen LogP contribution in [0.15, 0.2) is 24.3 Å². The molecule has 0 amide bonds. The number of aromatic amines is 1. The van der Waals surface area contributed by atoms with Crippen LogP contribution in [-0.2, 0) is 19.1 Å². The van der Waals surface area contributed by atoms with Gasteiger partial charge in [0.1, 0.15) is 18.4 Å². The van der Waals surface area contributed by atoms with Gasteiger partial charge in [-0.25, -0.2) is 0 Å². The van der Waals surface area contributed by atoms with E-state index in [0.29, 0.717) is 35.8 Å². The summed E-state index contributed by atoms with van der Waals surface area (Å²) in [5.41, 5.74) is 0.967. The molecule has 2 N–H and O–H groups in total. The maximum absolute atomic E-state index is 13.9. The normalized spacial score (nSPS) is 41.5. The fourth-order valence-electron chi connectivity index (χ4n) is 12.6. The minimum atomic E-state index is -0.328. The molecule has 4 aliphatic carbocycles. The van der Waals surface area contributed by atoms with Crippen LogP contribution in [0.5, 0.6) is 0 Å². The highest BCUT2D eigenvalue weighted by Crippen LogP contribution is 2.76. The quantitative estimate of drug-likeness (QED) is 0.302. The summed E-state index contributed by atoms with van der Waals surface area (Å²) in [4.78, 5) is 27.2. The van der Waals surface area contributed by atoms with E-state index >= 15 is 0 Å². The summed E-state index contributed by atoms with van der Waals surface area (Å²) in [5, 5.41) is 17.7. The number of ether oxygens (including phenoxy) is 2. The van der Waals surface area contributed by atoms with Crippen molar-refractivity contribution in [1.29, 1.82) is 0 Å². The van der Waals surface area contributed by atoms with Crippen LogP contribution in [0.25, 0.3) is 11.4 Å². The first-order valence-electron chi connectivity index (χ1n) is 18.5. The monoisotopic (exact) mass is 659 g/mol. The van der Waals surface area contributed by atoms with E-state index in [1.165, 1.54) is 0 Å². The van der Waals surface area contributed by atoms with Gasteiger partial charge in [0.25, 0.3) is 0 Å². The van der Waals surface area contributed by atoms with Crippen molar-refractivity contribution in [3.05, 3.63) is 24.3 Å². The maximum atomic E-state index is 13.9. The smallest absolute Gasteiger partial charge is 0.325 e. The number of rotatable bonds is 6. The summed E-state index contributed by atoms with van der Waals surface area (Å²) in [6.45, 7) is 18.9. The first-order chi connectivity index (χ1) is 22.5. The van der Waals surface area contributed by atoms with Gasteiger partial charge in [-0.3, -0.25) is 9.59 Å². The van der Waals surface area contributed by atoms with E-state index in [0.717, 1.165) is 69.0 Å². The van der Waals surface area contributed by atoms with Crippen LogP contribution in [0.4, 0.5) is 5.69 Å². The number of hydrogen-bond acceptors (Lipinski definition) is 8. The molecule has 0 radical (unpaired) electrons. The third-order valence-electron chi connectivity index (χ3n) is 15.0. The first-order valence-corrected chi connectivity index (χ1v) is 18.5. The molecule has 1 aliphatic heterocycles. The van der Waals surface area contributed by atoms with Gasteiger partial charge >= 0.3 is 5.97 Å². The molecule has 9 atom stereocenters. The van der Waals surface area contributed by atoms with Crippen molar-refractivity contribution in [3.63, 3.8) is 0 Å². The van der Waals surface area contributed by atoms with Crippen LogP contribution in [0.3, 0.4) is 0 Å². The van der Waals surface area contributed by atoms with Gasteiger partial charge in [0.05, 0.1) is 11.2 Å². The van der Waals surface area contributed by atoms with Gasteiger partial charge in [-0.1, -0.05) is 46.8 Å². The number of esters is 1. The van der Waals surface area contributed by atoms with Gasteiger partial charge < -0.3 is 14.8 Å². The minimum absolute atomic E-state index is 0.00851. The minimum Gasteiger partial charge on any atom is -0.461 e. The molecule has 1 saturated heterocycles. The van der Waals surface area contributed by atoms with Crippen LogP contribution in [0.1, 0.15) is 120 Å². The fraction of sp³-hybridized carbons (Fsp3) is 0.769. The third kappa shape index (κ3) is 5.15. The Balaban J connectivity index is 1.20. The molecule has 2 aromatic rings. The average molecular weight is 660 g/mol. The first kappa shape index (κ1) is 33.7. The van der Waals surface area contributed by atoms with Crippen LogP contribution in [0, 0.1) is 45.3 Å². The Morgan fingerprint density at radius 1 is 0.979 bits per heavy atom. The van der Waals surface area contributed by atoms with E-state index in [-0.39, 0.29) is 57.4 Å². The topological polar surface area (TPSA) is 119 Å². The average Bonchev–Trinajstić information content (AvgIpc) is 3.69. The summed E-state index contributed by atoms with van der Waals surface area (Å²) in [5.74, 6) is 1.92. The standard InChI is InChI=1S/C39H57N5O4/c1-34(2)16-10-17-39(8,48-34)26-13-19-38(7)32(26)27(47-31(46)23-40-25-12-9-11-24(21-25)33-41-43-44-42-33)22-29-36(5)18-15-30(45)35(3,4)28(36)14-20-37(29,38)6/h9,11-12,21,26-29,32,40H,10,13-20,22-23H2,1-8H3,(H,41,42,43,44)/t26-,27+,28-,29+,32-,36-,37+,38+,39+/m0/s1. The number of hydrogen-bond donors (Lipinski definition) is 2. The van der Waals surface area contributed by atoms with Crippen molar-refractivity contribution in [3.8, 4) is 11.4 Å². The number of benzene rings is 1. The van der Waals surface area contributed by atoms with Gasteiger partial charge in [-0.15, -0.1) is 10.2 Å². The van der Waals surface area contributed by atoms with Gasteiger partial charge in [-0.05, 0) is 130 Å². The van der Waals surface area contributed by atoms with Crippen molar-refractivity contribution in [1.82, 2.24) is 20.6 Å². The number of carbonyl (C=O) groups is 2. The molecule has 5 fully saturated rings. The molecule has 5 aliphatic rings. The lowest BCUT2D eigenvalue weighted by atomic mass is 9.35. The number of nitrogens with zero attached hydrogens (tertiary/aromatic N) is 3. The summed E-state index contributed by atoms with van der Waals surface area (Å²) in [6.07, 6.45) is 9.92. The second kappa shape index (κ2) is 11.4. The second-order valence-electron chi connectivity index (χ2n) is 18.3. The lowest BCUT2D eigenvalue weighted by Gasteiger charge is -2.70. The van der Waals surface area contributed by atoms with Crippen LogP contribution in [-0.4, -0.2) is 56.2 Å². The fourth-order valence-corrected chi connectivity index (χ4v) is 12.6. The van der Waals surface area contributed by atoms with Gasteiger partial charge in [0, 0.05) is 29.0 Å². The summed E-state index contributed by atoms with van der Waals surface area (Å²) >= 11 is 0. The van der Waals surface area contributed by atoms with Crippen molar-refractivity contribution in [2.75, 3.05) is 11.9 Å². The predicted molar refractivity (Wildman–Crippen MR) is 185 cm³/mol. The van der Waals surface area contributed by atoms with E-state index in [1.54, 1.807) is 0 Å². The molecule has 48 heavy (non-hydrogen) atoms. The molecular formula is C39H57N5O4. The zero-order chi connectivity index (χ0) is 34.3. The molecule has 7 rings (SSSR count). The molecule has 4 saturated carbocycles. The number of aromatic nitrogens is 4. The SMILES string of the molecule is CC1(C)CCC[C@](C)([C@H]2CC[C@]3(C)[C@@H]2[C@H](OC(=O)CNc2cccc(-c4nn[nH]n4)c2)C[C@@H]2[C@@]4(C)CCC(=O)C(C)(C)[C@@H]4CC[C@]23C)O1. The lowest BCUT2D eigenvalue weighted by Crippen LogP contribution is -2.67. The number of tetrazole rings is 1. The Labute approximate surface area is 286 Å². The maximum Gasteiger partial charge on any atom is 0.325 e. The van der Waals surface area contributed by atoms with E-state index in [9.17, 15) is 9.59 Å². The molecule has 262 valence electrons. The number of Topliss-reactive ketones (excluding diaryl/α,β-unsaturated/α-hetero) is 1. The zero-order valence-corrected chi connectivity index (χ0v) is 30.4. The number of anilines is 1. The second-order valence-corrected chi connectivity index (χ2v) is 18.3. The molecule has 0 bridgehead atoms. The van der Waals surface area contributed by atoms with E-state index in [4.69, 9.17) is 9.47 Å². The number of ketones is 1. The summed E-state index contributed by atoms with van der Waals surface area (Å²) in [6, 6.07) is 7.69. The molecule has 0 unspecified atom stereocenters. The Morgan fingerprint density at radius 3 is 2.48 bits per heavy atom. The number of carbonyl (C=O) groups excluding carboxylic acids is 2. The summed E-state index contributed by atoms with van der Waals surface area (Å²) in [7, 11) is 0. The van der Waals surface area contributed by atoms with Crippen LogP contribution >= 0.6 is 0 Å². The highest BCUT2D eigenvalue weighted by molar-refractivity contribution is 5.85. The number of fused-ring (bicyclic) bond motifs is 5. The Kier molecular flexibility index (Phi) is 7.97. The summed E-state index contributed by atoms with van der Waals surface area (Å²) < 4.78 is 13.8. The van der Waals surface area contributed by atoms with Crippen molar-refractivity contribution >= 4 is 17.4 Å². The van der Waals surface area contributed by atoms with Gasteiger partial charge in [0.2, 0.25) is 5.82 Å². The molecule has 9 nitrogen and oxygen atoms in total. The zero-order valence-electron chi connectivity index (χ0n) is 30.4. The molecule has 1 aromatic carbocycles. The lowest BCUT2D eigenvalue weighted by molar-refractivity contribution is -0.252. The Bertz CT molecular complexity index is 1560. The van der Waals surface area contributed by atoms with E-state index in [1.807, 2.05) is 24.3 Å². The molecule has 0 spiro atoms. The highest BCUT2D eigenvalue weighted by atomic mass is 16.5. The molecule has 2 heterocycles. The number of nitrogens with one attached hydrogen (secondary N) is 2. The molecule has 9 heteroatoms. The molecular weight excluding hydrogens is 602 g/mol.